The van der Waals surface area contributed by atoms with E-state index in [1.54, 1.807) is 0 Å². The summed E-state index contributed by atoms with van der Waals surface area (Å²) in [6.07, 6.45) is -0.628. The molecule has 0 saturated carbocycles. The molecule has 0 spiro atoms. The zero-order chi connectivity index (χ0) is 9.07. The van der Waals surface area contributed by atoms with Crippen LogP contribution in [0, 0.1) is 0 Å². The zero-order valence-corrected chi connectivity index (χ0v) is 6.07. The van der Waals surface area contributed by atoms with Gasteiger partial charge >= 0.3 is 11.9 Å². The third-order valence-electron chi connectivity index (χ3n) is 1.29. The van der Waals surface area contributed by atoms with Crippen molar-refractivity contribution < 1.29 is 24.9 Å². The highest BCUT2D eigenvalue weighted by atomic mass is 16.4. The summed E-state index contributed by atoms with van der Waals surface area (Å²) in [6, 6.07) is 0. The molecular weight excluding hydrogens is 152 g/mol. The third-order valence-corrected chi connectivity index (χ3v) is 1.29. The van der Waals surface area contributed by atoms with Crippen LogP contribution in [0.3, 0.4) is 0 Å². The minimum absolute atomic E-state index is 0.280. The molecule has 0 aliphatic heterocycles. The lowest BCUT2D eigenvalue weighted by atomic mass is 10.0. The van der Waals surface area contributed by atoms with Crippen molar-refractivity contribution in [1.29, 1.82) is 0 Å². The quantitative estimate of drug-likeness (QED) is 0.527. The summed E-state index contributed by atoms with van der Waals surface area (Å²) in [6.45, 7) is 1.07. The van der Waals surface area contributed by atoms with E-state index < -0.39 is 17.5 Å². The van der Waals surface area contributed by atoms with E-state index in [4.69, 9.17) is 15.3 Å². The van der Waals surface area contributed by atoms with E-state index in [0.717, 1.165) is 6.92 Å². The Morgan fingerprint density at radius 3 is 2.09 bits per heavy atom. The van der Waals surface area contributed by atoms with Gasteiger partial charge in [0.15, 0.2) is 5.60 Å². The maximum absolute atomic E-state index is 10.2. The molecule has 0 aliphatic carbocycles. The van der Waals surface area contributed by atoms with E-state index in [-0.39, 0.29) is 12.8 Å². The van der Waals surface area contributed by atoms with Gasteiger partial charge in [-0.1, -0.05) is 0 Å². The first-order chi connectivity index (χ1) is 4.86. The largest absolute Gasteiger partial charge is 0.481 e. The Hall–Kier alpha value is -1.10. The molecule has 0 fully saturated rings. The van der Waals surface area contributed by atoms with E-state index in [9.17, 15) is 9.59 Å². The minimum Gasteiger partial charge on any atom is -0.481 e. The number of rotatable bonds is 4. The number of aliphatic hydroxyl groups is 1. The molecule has 0 aromatic rings. The van der Waals surface area contributed by atoms with E-state index in [0.29, 0.717) is 0 Å². The van der Waals surface area contributed by atoms with Crippen LogP contribution in [0.2, 0.25) is 0 Å². The van der Waals surface area contributed by atoms with Crippen LogP contribution in [-0.2, 0) is 9.59 Å². The van der Waals surface area contributed by atoms with Crippen molar-refractivity contribution in [2.75, 3.05) is 0 Å². The van der Waals surface area contributed by atoms with Gasteiger partial charge in [0.2, 0.25) is 0 Å². The fourth-order valence-electron chi connectivity index (χ4n) is 0.457. The molecule has 0 radical (unpaired) electrons. The average molecular weight is 162 g/mol. The van der Waals surface area contributed by atoms with Gasteiger partial charge in [-0.2, -0.15) is 0 Å². The molecule has 0 bridgehead atoms. The molecule has 0 unspecified atom stereocenters. The molecule has 0 aliphatic rings. The fourth-order valence-corrected chi connectivity index (χ4v) is 0.457. The van der Waals surface area contributed by atoms with Crippen molar-refractivity contribution >= 4 is 11.9 Å². The van der Waals surface area contributed by atoms with Gasteiger partial charge in [0.05, 0.1) is 0 Å². The molecule has 0 rings (SSSR count). The van der Waals surface area contributed by atoms with E-state index in [2.05, 4.69) is 0 Å². The summed E-state index contributed by atoms with van der Waals surface area (Å²) in [5.74, 6) is -2.52. The van der Waals surface area contributed by atoms with Crippen LogP contribution >= 0.6 is 0 Å². The van der Waals surface area contributed by atoms with Gasteiger partial charge in [-0.25, -0.2) is 4.79 Å². The van der Waals surface area contributed by atoms with Crippen LogP contribution in [0.4, 0.5) is 0 Å². The van der Waals surface area contributed by atoms with Crippen molar-refractivity contribution in [3.63, 3.8) is 0 Å². The number of hydrogen-bond acceptors (Lipinski definition) is 3. The Balaban J connectivity index is 3.92. The van der Waals surface area contributed by atoms with Crippen molar-refractivity contribution in [3.05, 3.63) is 0 Å². The maximum Gasteiger partial charge on any atom is 0.335 e. The second-order valence-electron chi connectivity index (χ2n) is 2.47. The summed E-state index contributed by atoms with van der Waals surface area (Å²) in [7, 11) is 0. The monoisotopic (exact) mass is 162 g/mol. The smallest absolute Gasteiger partial charge is 0.335 e. The SMILES string of the molecule is C[C@](O)(CCC(=O)O)C(=O)O. The molecule has 1 atom stereocenters. The highest BCUT2D eigenvalue weighted by molar-refractivity contribution is 5.77. The number of carboxylic acid groups (broad SMARTS) is 2. The summed E-state index contributed by atoms with van der Waals surface area (Å²) in [5, 5.41) is 25.4. The highest BCUT2D eigenvalue weighted by Gasteiger charge is 2.29. The Labute approximate surface area is 63.3 Å². The van der Waals surface area contributed by atoms with Gasteiger partial charge in [-0.15, -0.1) is 0 Å². The topological polar surface area (TPSA) is 94.8 Å². The number of carbonyl (C=O) groups is 2. The lowest BCUT2D eigenvalue weighted by Gasteiger charge is -2.15. The van der Waals surface area contributed by atoms with Crippen molar-refractivity contribution in [2.24, 2.45) is 0 Å². The third kappa shape index (κ3) is 3.57. The van der Waals surface area contributed by atoms with Crippen molar-refractivity contribution in [1.82, 2.24) is 0 Å². The van der Waals surface area contributed by atoms with Crippen molar-refractivity contribution in [3.8, 4) is 0 Å². The molecule has 5 heteroatoms. The number of hydrogen-bond donors (Lipinski definition) is 3. The van der Waals surface area contributed by atoms with Crippen LogP contribution in [0.25, 0.3) is 0 Å². The molecule has 11 heavy (non-hydrogen) atoms. The van der Waals surface area contributed by atoms with Gasteiger partial charge < -0.3 is 15.3 Å². The lowest BCUT2D eigenvalue weighted by Crippen LogP contribution is -2.35. The summed E-state index contributed by atoms with van der Waals surface area (Å²) in [4.78, 5) is 20.2. The lowest BCUT2D eigenvalue weighted by molar-refractivity contribution is -0.158. The molecule has 5 nitrogen and oxygen atoms in total. The van der Waals surface area contributed by atoms with Gasteiger partial charge in [0, 0.05) is 6.42 Å². The Bertz CT molecular complexity index is 172. The Morgan fingerprint density at radius 2 is 1.82 bits per heavy atom. The van der Waals surface area contributed by atoms with Crippen LogP contribution in [0.5, 0.6) is 0 Å². The van der Waals surface area contributed by atoms with Crippen LogP contribution < -0.4 is 0 Å². The molecule has 0 aromatic carbocycles. The second kappa shape index (κ2) is 3.34. The fraction of sp³-hybridized carbons (Fsp3) is 0.667. The molecule has 0 saturated heterocycles. The Kier molecular flexibility index (Phi) is 3.00. The van der Waals surface area contributed by atoms with Crippen LogP contribution in [0.1, 0.15) is 19.8 Å². The van der Waals surface area contributed by atoms with Gasteiger partial charge in [0.25, 0.3) is 0 Å². The van der Waals surface area contributed by atoms with Crippen LogP contribution in [0.15, 0.2) is 0 Å². The van der Waals surface area contributed by atoms with Gasteiger partial charge in [-0.3, -0.25) is 4.79 Å². The molecule has 0 aromatic heterocycles. The van der Waals surface area contributed by atoms with E-state index in [1.165, 1.54) is 0 Å². The predicted octanol–water partition coefficient (Wildman–Crippen LogP) is -0.313. The van der Waals surface area contributed by atoms with Crippen molar-refractivity contribution in [2.45, 2.75) is 25.4 Å². The number of carboxylic acids is 2. The molecule has 64 valence electrons. The predicted molar refractivity (Wildman–Crippen MR) is 35.1 cm³/mol. The zero-order valence-electron chi connectivity index (χ0n) is 6.07. The first-order valence-corrected chi connectivity index (χ1v) is 3.04. The standard InChI is InChI=1S/C6H10O5/c1-6(11,5(9)10)3-2-4(7)8/h11H,2-3H2,1H3,(H,7,8)(H,9,10)/t6-/m0/s1. The van der Waals surface area contributed by atoms with Crippen LogP contribution in [-0.4, -0.2) is 32.9 Å². The van der Waals surface area contributed by atoms with E-state index >= 15 is 0 Å². The molecule has 0 heterocycles. The first kappa shape index (κ1) is 9.90. The summed E-state index contributed by atoms with van der Waals surface area (Å²) >= 11 is 0. The van der Waals surface area contributed by atoms with Gasteiger partial charge in [-0.05, 0) is 13.3 Å². The highest BCUT2D eigenvalue weighted by Crippen LogP contribution is 2.11. The molecular formula is C6H10O5. The normalized spacial score (nSPS) is 15.5. The molecule has 3 N–H and O–H groups in total. The number of aliphatic carboxylic acids is 2. The maximum atomic E-state index is 10.2. The second-order valence-corrected chi connectivity index (χ2v) is 2.47. The summed E-state index contributed by atoms with van der Waals surface area (Å²) in [5.41, 5.74) is -1.93. The van der Waals surface area contributed by atoms with E-state index in [1.807, 2.05) is 0 Å². The Morgan fingerprint density at radius 1 is 1.36 bits per heavy atom. The first-order valence-electron chi connectivity index (χ1n) is 3.04. The minimum atomic E-state index is -1.93. The summed E-state index contributed by atoms with van der Waals surface area (Å²) < 4.78 is 0. The van der Waals surface area contributed by atoms with Gasteiger partial charge in [0.1, 0.15) is 0 Å². The molecule has 0 amide bonds. The average Bonchev–Trinajstić information content (AvgIpc) is 1.84.